The van der Waals surface area contributed by atoms with Gasteiger partial charge in [-0.3, -0.25) is 4.90 Å². The summed E-state index contributed by atoms with van der Waals surface area (Å²) < 4.78 is 0. The summed E-state index contributed by atoms with van der Waals surface area (Å²) in [5, 5.41) is 9.05. The molecule has 0 saturated carbocycles. The Morgan fingerprint density at radius 3 is 2.42 bits per heavy atom. The number of carboxylic acids is 1. The maximum absolute atomic E-state index is 11.0. The number of piperidine rings is 1. The topological polar surface area (TPSA) is 40.5 Å². The molecule has 1 aromatic carbocycles. The third-order valence-corrected chi connectivity index (χ3v) is 4.05. The Morgan fingerprint density at radius 2 is 1.89 bits per heavy atom. The number of rotatable bonds is 2. The molecule has 1 heterocycles. The van der Waals surface area contributed by atoms with Crippen molar-refractivity contribution in [3.05, 3.63) is 35.4 Å². The molecule has 0 amide bonds. The van der Waals surface area contributed by atoms with E-state index in [1.165, 1.54) is 5.56 Å². The van der Waals surface area contributed by atoms with Crippen LogP contribution in [-0.2, 0) is 0 Å². The van der Waals surface area contributed by atoms with Gasteiger partial charge in [0.25, 0.3) is 0 Å². The normalized spacial score (nSPS) is 18.5. The van der Waals surface area contributed by atoms with Gasteiger partial charge in [0.1, 0.15) is 0 Å². The Labute approximate surface area is 115 Å². The van der Waals surface area contributed by atoms with Crippen molar-refractivity contribution in [2.75, 3.05) is 13.1 Å². The molecule has 1 fully saturated rings. The van der Waals surface area contributed by atoms with Gasteiger partial charge >= 0.3 is 5.97 Å². The lowest BCUT2D eigenvalue weighted by Gasteiger charge is -2.41. The summed E-state index contributed by atoms with van der Waals surface area (Å²) in [6.07, 6.45) is 2.22. The molecular formula is C16H23NO2. The molecule has 1 aromatic rings. The number of hydrogen-bond donors (Lipinski definition) is 1. The first-order chi connectivity index (χ1) is 8.88. The van der Waals surface area contributed by atoms with Gasteiger partial charge in [-0.1, -0.05) is 12.1 Å². The van der Waals surface area contributed by atoms with E-state index in [0.29, 0.717) is 11.5 Å². The number of benzene rings is 1. The first kappa shape index (κ1) is 14.1. The number of carbonyl (C=O) groups is 1. The second-order valence-electron chi connectivity index (χ2n) is 6.36. The van der Waals surface area contributed by atoms with E-state index in [1.54, 1.807) is 6.07 Å². The largest absolute Gasteiger partial charge is 0.478 e. The van der Waals surface area contributed by atoms with E-state index in [4.69, 9.17) is 5.11 Å². The number of aromatic carboxylic acids is 1. The van der Waals surface area contributed by atoms with Crippen LogP contribution in [0.2, 0.25) is 0 Å². The molecule has 3 heteroatoms. The Balaban J connectivity index is 2.05. The van der Waals surface area contributed by atoms with Crippen molar-refractivity contribution in [2.24, 2.45) is 0 Å². The number of nitrogens with zero attached hydrogens (tertiary/aromatic N) is 1. The Hall–Kier alpha value is -1.35. The highest BCUT2D eigenvalue weighted by atomic mass is 16.4. The van der Waals surface area contributed by atoms with Crippen molar-refractivity contribution in [1.82, 2.24) is 4.90 Å². The van der Waals surface area contributed by atoms with Crippen LogP contribution in [0.1, 0.15) is 55.5 Å². The summed E-state index contributed by atoms with van der Waals surface area (Å²) >= 11 is 0. The average Bonchev–Trinajstić information content (AvgIpc) is 2.38. The predicted molar refractivity (Wildman–Crippen MR) is 76.7 cm³/mol. The molecule has 3 nitrogen and oxygen atoms in total. The highest BCUT2D eigenvalue weighted by Gasteiger charge is 2.27. The van der Waals surface area contributed by atoms with Crippen molar-refractivity contribution < 1.29 is 9.90 Å². The molecule has 2 rings (SSSR count). The van der Waals surface area contributed by atoms with E-state index in [9.17, 15) is 4.79 Å². The molecule has 0 radical (unpaired) electrons. The molecule has 1 N–H and O–H groups in total. The van der Waals surface area contributed by atoms with Crippen molar-refractivity contribution in [1.29, 1.82) is 0 Å². The van der Waals surface area contributed by atoms with E-state index in [1.807, 2.05) is 12.1 Å². The predicted octanol–water partition coefficient (Wildman–Crippen LogP) is 3.36. The van der Waals surface area contributed by atoms with Gasteiger partial charge in [0.2, 0.25) is 0 Å². The maximum Gasteiger partial charge on any atom is 0.335 e. The molecule has 0 spiro atoms. The van der Waals surface area contributed by atoms with E-state index in [2.05, 4.69) is 31.7 Å². The van der Waals surface area contributed by atoms with Crippen LogP contribution in [0.25, 0.3) is 0 Å². The lowest BCUT2D eigenvalue weighted by atomic mass is 9.87. The van der Waals surface area contributed by atoms with Gasteiger partial charge in [-0.25, -0.2) is 4.79 Å². The third kappa shape index (κ3) is 3.35. The molecule has 1 aliphatic heterocycles. The summed E-state index contributed by atoms with van der Waals surface area (Å²) in [6.45, 7) is 8.92. The maximum atomic E-state index is 11.0. The first-order valence-electron chi connectivity index (χ1n) is 6.96. The molecule has 1 aliphatic rings. The molecule has 0 bridgehead atoms. The van der Waals surface area contributed by atoms with Crippen molar-refractivity contribution in [3.8, 4) is 0 Å². The third-order valence-electron chi connectivity index (χ3n) is 4.05. The average molecular weight is 261 g/mol. The quantitative estimate of drug-likeness (QED) is 0.887. The van der Waals surface area contributed by atoms with Gasteiger partial charge in [0.05, 0.1) is 5.56 Å². The highest BCUT2D eigenvalue weighted by molar-refractivity contribution is 5.87. The van der Waals surface area contributed by atoms with Gasteiger partial charge in [0, 0.05) is 5.54 Å². The molecule has 1 saturated heterocycles. The molecule has 104 valence electrons. The fourth-order valence-electron chi connectivity index (χ4n) is 2.81. The van der Waals surface area contributed by atoms with Crippen molar-refractivity contribution in [2.45, 2.75) is 45.1 Å². The molecule has 0 aromatic heterocycles. The van der Waals surface area contributed by atoms with Crippen LogP contribution in [0, 0.1) is 0 Å². The van der Waals surface area contributed by atoms with Crippen LogP contribution >= 0.6 is 0 Å². The molecule has 19 heavy (non-hydrogen) atoms. The SMILES string of the molecule is CC(C)(C)N1CCC(c2cccc(C(=O)O)c2)CC1. The zero-order valence-electron chi connectivity index (χ0n) is 12.0. The summed E-state index contributed by atoms with van der Waals surface area (Å²) in [4.78, 5) is 13.5. The van der Waals surface area contributed by atoms with Gasteiger partial charge in [-0.05, 0) is 70.3 Å². The van der Waals surface area contributed by atoms with Crippen LogP contribution in [-0.4, -0.2) is 34.6 Å². The molecule has 0 atom stereocenters. The zero-order chi connectivity index (χ0) is 14.0. The fraction of sp³-hybridized carbons (Fsp3) is 0.562. The lowest BCUT2D eigenvalue weighted by Crippen LogP contribution is -2.45. The van der Waals surface area contributed by atoms with Crippen LogP contribution in [0.15, 0.2) is 24.3 Å². The van der Waals surface area contributed by atoms with Crippen molar-refractivity contribution >= 4 is 5.97 Å². The minimum atomic E-state index is -0.839. The molecular weight excluding hydrogens is 238 g/mol. The lowest BCUT2D eigenvalue weighted by molar-refractivity contribution is 0.0696. The highest BCUT2D eigenvalue weighted by Crippen LogP contribution is 2.31. The van der Waals surface area contributed by atoms with E-state index in [-0.39, 0.29) is 5.54 Å². The summed E-state index contributed by atoms with van der Waals surface area (Å²) in [7, 11) is 0. The second kappa shape index (κ2) is 5.33. The minimum absolute atomic E-state index is 0.230. The van der Waals surface area contributed by atoms with Gasteiger partial charge in [-0.15, -0.1) is 0 Å². The van der Waals surface area contributed by atoms with Crippen LogP contribution in [0.3, 0.4) is 0 Å². The van der Waals surface area contributed by atoms with E-state index >= 15 is 0 Å². The second-order valence-corrected chi connectivity index (χ2v) is 6.36. The first-order valence-corrected chi connectivity index (χ1v) is 6.96. The van der Waals surface area contributed by atoms with Crippen LogP contribution < -0.4 is 0 Å². The molecule has 0 unspecified atom stereocenters. The minimum Gasteiger partial charge on any atom is -0.478 e. The van der Waals surface area contributed by atoms with E-state index in [0.717, 1.165) is 25.9 Å². The van der Waals surface area contributed by atoms with Crippen LogP contribution in [0.5, 0.6) is 0 Å². The monoisotopic (exact) mass is 261 g/mol. The fourth-order valence-corrected chi connectivity index (χ4v) is 2.81. The number of hydrogen-bond acceptors (Lipinski definition) is 2. The summed E-state index contributed by atoms with van der Waals surface area (Å²) in [5.74, 6) is -0.341. The standard InChI is InChI=1S/C16H23NO2/c1-16(2,3)17-9-7-12(8-10-17)13-5-4-6-14(11-13)15(18)19/h4-6,11-12H,7-10H2,1-3H3,(H,18,19). The number of carboxylic acid groups (broad SMARTS) is 1. The van der Waals surface area contributed by atoms with E-state index < -0.39 is 5.97 Å². The molecule has 0 aliphatic carbocycles. The summed E-state index contributed by atoms with van der Waals surface area (Å²) in [6, 6.07) is 7.41. The Kier molecular flexibility index (Phi) is 3.95. The van der Waals surface area contributed by atoms with Crippen LogP contribution in [0.4, 0.5) is 0 Å². The zero-order valence-corrected chi connectivity index (χ0v) is 12.0. The van der Waals surface area contributed by atoms with Gasteiger partial charge in [-0.2, -0.15) is 0 Å². The Bertz CT molecular complexity index is 454. The van der Waals surface area contributed by atoms with Gasteiger partial charge in [0.15, 0.2) is 0 Å². The van der Waals surface area contributed by atoms with Crippen molar-refractivity contribution in [3.63, 3.8) is 0 Å². The van der Waals surface area contributed by atoms with Gasteiger partial charge < -0.3 is 5.11 Å². The Morgan fingerprint density at radius 1 is 1.26 bits per heavy atom. The smallest absolute Gasteiger partial charge is 0.335 e. The summed E-state index contributed by atoms with van der Waals surface area (Å²) in [5.41, 5.74) is 1.80. The number of likely N-dealkylation sites (tertiary alicyclic amines) is 1.